The van der Waals surface area contributed by atoms with Gasteiger partial charge in [0.15, 0.2) is 16.1 Å². The largest absolute Gasteiger partial charge is 0.456 e. The summed E-state index contributed by atoms with van der Waals surface area (Å²) in [6.45, 7) is 0. The molecule has 12 nitrogen and oxygen atoms in total. The first-order valence-corrected chi connectivity index (χ1v) is 45.4. The van der Waals surface area contributed by atoms with Crippen molar-refractivity contribution in [1.29, 1.82) is 0 Å². The SMILES string of the molecule is c1ccc([Si](c2ccccc2)(c2cc(-n3c4ccccc4c4ccccc43)nc(-n3c4ccccc4c4ccccc43)c2)c2ccc3oc4c(-c5ccc6c(c5)n5c7ccccc7nc5n6-c5cc([Si](c6ccccc6)(c6ccccc6)c6cccc7c6oc6ccccc67)cc(-n6c7ccccc7n7c8ccccc8nc67)n5)cccc4c3c2)cc1. The van der Waals surface area contributed by atoms with Crippen LogP contribution in [0.3, 0.4) is 0 Å². The molecular weight excluding hydrogens is 1530 g/mol. The van der Waals surface area contributed by atoms with Crippen molar-refractivity contribution in [2.24, 2.45) is 0 Å². The van der Waals surface area contributed by atoms with Gasteiger partial charge in [-0.15, -0.1) is 0 Å². The van der Waals surface area contributed by atoms with Crippen molar-refractivity contribution in [3.05, 3.63) is 413 Å². The Morgan fingerprint density at radius 1 is 0.205 bits per heavy atom. The van der Waals surface area contributed by atoms with Crippen molar-refractivity contribution in [3.63, 3.8) is 0 Å². The van der Waals surface area contributed by atoms with Gasteiger partial charge in [0.1, 0.15) is 45.6 Å². The Morgan fingerprint density at radius 3 is 1.11 bits per heavy atom. The first kappa shape index (κ1) is 68.1. The number of nitrogens with zero attached hydrogens (tertiary/aromatic N) is 10. The van der Waals surface area contributed by atoms with Gasteiger partial charge in [-0.25, -0.2) is 19.9 Å². The number of para-hydroxylation sites is 13. The molecule has 10 heterocycles. The number of furan rings is 2. The molecule has 0 amide bonds. The van der Waals surface area contributed by atoms with E-state index in [0.29, 0.717) is 17.4 Å². The molecule has 122 heavy (non-hydrogen) atoms. The number of aromatic nitrogens is 10. The Kier molecular flexibility index (Phi) is 14.6. The predicted octanol–water partition coefficient (Wildman–Crippen LogP) is 20.4. The highest BCUT2D eigenvalue weighted by Crippen LogP contribution is 2.42. The Labute approximate surface area is 698 Å². The van der Waals surface area contributed by atoms with Crippen LogP contribution >= 0.6 is 0 Å². The van der Waals surface area contributed by atoms with E-state index in [9.17, 15) is 0 Å². The van der Waals surface area contributed by atoms with Gasteiger partial charge in [-0.2, -0.15) is 0 Å². The summed E-state index contributed by atoms with van der Waals surface area (Å²) in [4.78, 5) is 23.2. The molecule has 570 valence electrons. The van der Waals surface area contributed by atoms with E-state index in [1.54, 1.807) is 0 Å². The molecule has 0 aliphatic rings. The van der Waals surface area contributed by atoms with Gasteiger partial charge >= 0.3 is 0 Å². The van der Waals surface area contributed by atoms with Crippen LogP contribution in [0.25, 0.3) is 178 Å². The van der Waals surface area contributed by atoms with Crippen molar-refractivity contribution in [1.82, 2.24) is 47.0 Å². The van der Waals surface area contributed by atoms with Crippen LogP contribution in [0.15, 0.2) is 421 Å². The van der Waals surface area contributed by atoms with Gasteiger partial charge in [0.25, 0.3) is 0 Å². The standard InChI is InChI=1S/C108H68N10O2Si2/c1-5-31-70(32-6-1)121(71-33-7-2-8-34-71,75-65-101(113-88-49-20-13-39-78(88)79-40-14-21-50-89(79)113)111-102(66-75)114-90-51-22-15-41-80(90)81-42-16-23-52-91(81)114)74-60-62-99-85(64-74)84-45-29-44-77(105(84)119-99)69-59-61-96-97(63-69)116-93-54-25-19-48-87(93)110-108(116)118(96)104-68-76(67-103(112-104)117-95-56-27-26-55-94(95)115-92-53-24-18-47-86(92)109-107(115)117)122(72-35-9-3-10-36-72,73-37-11-4-12-38-73)100-58-30-46-83-82-43-17-28-57-98(82)120-106(83)100/h1-68H. The van der Waals surface area contributed by atoms with Gasteiger partial charge in [0, 0.05) is 48.7 Å². The number of pyridine rings is 2. The fraction of sp³-hybridized carbons (Fsp3) is 0. The van der Waals surface area contributed by atoms with E-state index in [4.69, 9.17) is 28.8 Å². The lowest BCUT2D eigenvalue weighted by molar-refractivity contribution is 0.670. The molecule has 0 radical (unpaired) electrons. The third kappa shape index (κ3) is 9.66. The van der Waals surface area contributed by atoms with Crippen LogP contribution in [-0.4, -0.2) is 63.2 Å². The summed E-state index contributed by atoms with van der Waals surface area (Å²) in [5.41, 5.74) is 17.1. The average molecular weight is 1590 g/mol. The maximum absolute atomic E-state index is 7.43. The van der Waals surface area contributed by atoms with Crippen LogP contribution in [0, 0.1) is 0 Å². The van der Waals surface area contributed by atoms with Crippen molar-refractivity contribution < 1.29 is 8.83 Å². The lowest BCUT2D eigenvalue weighted by atomic mass is 10.0. The van der Waals surface area contributed by atoms with Crippen LogP contribution in [-0.2, 0) is 0 Å². The molecule has 0 bridgehead atoms. The molecule has 0 unspecified atom stereocenters. The first-order chi connectivity index (χ1) is 60.5. The molecule has 0 saturated heterocycles. The summed E-state index contributed by atoms with van der Waals surface area (Å²) >= 11 is 0. The lowest BCUT2D eigenvalue weighted by Crippen LogP contribution is -2.75. The highest BCUT2D eigenvalue weighted by Gasteiger charge is 2.46. The first-order valence-electron chi connectivity index (χ1n) is 41.4. The highest BCUT2D eigenvalue weighted by molar-refractivity contribution is 7.21. The number of hydrogen-bond acceptors (Lipinski definition) is 6. The molecule has 0 N–H and O–H groups in total. The van der Waals surface area contributed by atoms with E-state index in [1.165, 1.54) is 52.7 Å². The van der Waals surface area contributed by atoms with E-state index in [1.807, 2.05) is 0 Å². The monoisotopic (exact) mass is 1590 g/mol. The van der Waals surface area contributed by atoms with Crippen LogP contribution < -0.4 is 41.5 Å². The second-order valence-electron chi connectivity index (χ2n) is 32.0. The van der Waals surface area contributed by atoms with Gasteiger partial charge in [-0.05, 0) is 156 Å². The van der Waals surface area contributed by atoms with E-state index < -0.39 is 16.1 Å². The molecule has 16 aromatic carbocycles. The van der Waals surface area contributed by atoms with Crippen LogP contribution in [0.4, 0.5) is 0 Å². The zero-order valence-corrected chi connectivity index (χ0v) is 67.5. The van der Waals surface area contributed by atoms with Crippen LogP contribution in [0.1, 0.15) is 0 Å². The summed E-state index contributed by atoms with van der Waals surface area (Å²) in [6.07, 6.45) is 0. The maximum Gasteiger partial charge on any atom is 0.221 e. The van der Waals surface area contributed by atoms with E-state index in [-0.39, 0.29) is 0 Å². The molecule has 0 spiro atoms. The van der Waals surface area contributed by atoms with Crippen LogP contribution in [0.2, 0.25) is 0 Å². The summed E-state index contributed by atoms with van der Waals surface area (Å²) in [5, 5.41) is 18.3. The van der Waals surface area contributed by atoms with E-state index in [0.717, 1.165) is 149 Å². The molecule has 0 aliphatic carbocycles. The Balaban J connectivity index is 0.710. The molecule has 10 aromatic heterocycles. The van der Waals surface area contributed by atoms with Gasteiger partial charge in [0.2, 0.25) is 11.6 Å². The average Bonchev–Trinajstić information content (AvgIpc) is 1.39. The molecule has 0 fully saturated rings. The van der Waals surface area contributed by atoms with Gasteiger partial charge in [0.05, 0.1) is 66.2 Å². The fourth-order valence-corrected chi connectivity index (χ4v) is 30.3. The predicted molar refractivity (Wildman–Crippen MR) is 504 cm³/mol. The molecule has 0 atom stereocenters. The number of hydrogen-bond donors (Lipinski definition) is 0. The Hall–Kier alpha value is -16.0. The minimum absolute atomic E-state index is 0.687. The number of fused-ring (bicyclic) bond motifs is 22. The molecule has 14 heteroatoms. The summed E-state index contributed by atoms with van der Waals surface area (Å²) < 4.78 is 28.6. The minimum Gasteiger partial charge on any atom is -0.456 e. The Bertz CT molecular complexity index is 8500. The lowest BCUT2D eigenvalue weighted by Gasteiger charge is -2.35. The third-order valence-electron chi connectivity index (χ3n) is 25.7. The van der Waals surface area contributed by atoms with Crippen molar-refractivity contribution in [2.75, 3.05) is 0 Å². The number of rotatable bonds is 13. The van der Waals surface area contributed by atoms with Crippen molar-refractivity contribution in [3.8, 4) is 34.4 Å². The molecule has 26 rings (SSSR count). The molecule has 0 aliphatic heterocycles. The molecule has 26 aromatic rings. The third-order valence-corrected chi connectivity index (χ3v) is 35.2. The summed E-state index contributed by atoms with van der Waals surface area (Å²) in [6, 6.07) is 150. The fourth-order valence-electron chi connectivity index (χ4n) is 20.6. The summed E-state index contributed by atoms with van der Waals surface area (Å²) in [5.74, 6) is 4.52. The smallest absolute Gasteiger partial charge is 0.221 e. The molecular formula is C108H68N10O2Si2. The second-order valence-corrected chi connectivity index (χ2v) is 39.5. The maximum atomic E-state index is 7.43. The Morgan fingerprint density at radius 2 is 0.582 bits per heavy atom. The van der Waals surface area contributed by atoms with Gasteiger partial charge in [-0.1, -0.05) is 303 Å². The zero-order chi connectivity index (χ0) is 79.9. The second kappa shape index (κ2) is 26.2. The van der Waals surface area contributed by atoms with Crippen LogP contribution in [0.5, 0.6) is 0 Å². The minimum atomic E-state index is -3.60. The quantitative estimate of drug-likeness (QED) is 0.0841. The normalized spacial score (nSPS) is 12.4. The van der Waals surface area contributed by atoms with E-state index in [2.05, 4.69) is 440 Å². The van der Waals surface area contributed by atoms with Gasteiger partial charge < -0.3 is 8.83 Å². The number of imidazole rings is 4. The highest BCUT2D eigenvalue weighted by atomic mass is 28.3. The number of benzene rings is 16. The summed E-state index contributed by atoms with van der Waals surface area (Å²) in [7, 11) is -7.07. The van der Waals surface area contributed by atoms with Crippen molar-refractivity contribution >= 4 is 201 Å². The van der Waals surface area contributed by atoms with Gasteiger partial charge in [-0.3, -0.25) is 27.1 Å². The van der Waals surface area contributed by atoms with Crippen molar-refractivity contribution in [2.45, 2.75) is 0 Å². The molecule has 0 saturated carbocycles. The van der Waals surface area contributed by atoms with E-state index >= 15 is 0 Å². The zero-order valence-electron chi connectivity index (χ0n) is 65.5. The topological polar surface area (TPSA) is 106 Å².